The Morgan fingerprint density at radius 3 is 2.24 bits per heavy atom. The fourth-order valence-corrected chi connectivity index (χ4v) is 4.22. The topological polar surface area (TPSA) is 131 Å². The number of nitrogens with two attached hydrogens (primary N) is 1. The van der Waals surface area contributed by atoms with Gasteiger partial charge in [0.05, 0.1) is 31.7 Å². The zero-order chi connectivity index (χ0) is 26.4. The van der Waals surface area contributed by atoms with Gasteiger partial charge in [-0.2, -0.15) is 4.98 Å². The lowest BCUT2D eigenvalue weighted by molar-refractivity contribution is -0.125. The van der Waals surface area contributed by atoms with Gasteiger partial charge in [-0.3, -0.25) is 0 Å². The first-order valence-electron chi connectivity index (χ1n) is 11.4. The maximum Gasteiger partial charge on any atom is 0.267 e. The van der Waals surface area contributed by atoms with Crippen molar-refractivity contribution in [1.82, 2.24) is 19.6 Å². The van der Waals surface area contributed by atoms with E-state index in [9.17, 15) is 8.42 Å². The lowest BCUT2D eigenvalue weighted by Gasteiger charge is -2.28. The Hall–Kier alpha value is -3.45. The van der Waals surface area contributed by atoms with Crippen molar-refractivity contribution in [2.45, 2.75) is 36.7 Å². The second-order valence-corrected chi connectivity index (χ2v) is 10.3. The number of rotatable bonds is 12. The van der Waals surface area contributed by atoms with E-state index in [-0.39, 0.29) is 30.4 Å². The standard InChI is InChI=1S/C25H28FN5O5S/c1-34-20(16-35-14-17-9-5-3-6-10-17)22(36-15-18-11-7-4-8-12-18)21(26)19-13-28-24-23(27)29-25(30-31(19)24)37(2,32)33/h3-13,20-22H,14-16H2,1-2H3,(H2,27,29,30)/t20-,21+,22-/m1/s1. The van der Waals surface area contributed by atoms with Crippen LogP contribution in [0.25, 0.3) is 5.65 Å². The average Bonchev–Trinajstić information content (AvgIpc) is 3.33. The Bertz CT molecular complexity index is 1420. The summed E-state index contributed by atoms with van der Waals surface area (Å²) in [6.45, 7) is 0.445. The fourth-order valence-electron chi connectivity index (χ4n) is 3.72. The average molecular weight is 530 g/mol. The van der Waals surface area contributed by atoms with Gasteiger partial charge in [-0.25, -0.2) is 22.3 Å². The highest BCUT2D eigenvalue weighted by Crippen LogP contribution is 2.29. The summed E-state index contributed by atoms with van der Waals surface area (Å²) in [5.41, 5.74) is 7.65. The number of halogens is 1. The Labute approximate surface area is 214 Å². The summed E-state index contributed by atoms with van der Waals surface area (Å²) in [4.78, 5) is 7.88. The number of hydrogen-bond acceptors (Lipinski definition) is 9. The number of methoxy groups -OCH3 is 1. The summed E-state index contributed by atoms with van der Waals surface area (Å²) in [5.74, 6) is -0.190. The van der Waals surface area contributed by atoms with E-state index in [1.54, 1.807) is 0 Å². The van der Waals surface area contributed by atoms with Gasteiger partial charge in [-0.15, -0.1) is 5.10 Å². The Morgan fingerprint density at radius 1 is 1.03 bits per heavy atom. The molecular formula is C25H28FN5O5S. The quantitative estimate of drug-likeness (QED) is 0.294. The van der Waals surface area contributed by atoms with Crippen LogP contribution in [-0.2, 0) is 37.3 Å². The second kappa shape index (κ2) is 11.7. The third-order valence-electron chi connectivity index (χ3n) is 5.65. The van der Waals surface area contributed by atoms with Crippen LogP contribution in [0.5, 0.6) is 0 Å². The number of fused-ring (bicyclic) bond motifs is 1. The van der Waals surface area contributed by atoms with Crippen LogP contribution in [0, 0.1) is 0 Å². The third-order valence-corrected chi connectivity index (χ3v) is 6.48. The molecule has 0 unspecified atom stereocenters. The molecule has 0 radical (unpaired) electrons. The van der Waals surface area contributed by atoms with Gasteiger partial charge in [-0.1, -0.05) is 60.7 Å². The van der Waals surface area contributed by atoms with E-state index >= 15 is 4.39 Å². The lowest BCUT2D eigenvalue weighted by atomic mass is 10.1. The third kappa shape index (κ3) is 6.46. The first-order valence-corrected chi connectivity index (χ1v) is 13.3. The van der Waals surface area contributed by atoms with Crippen molar-refractivity contribution in [2.75, 3.05) is 25.7 Å². The monoisotopic (exact) mass is 529 g/mol. The highest BCUT2D eigenvalue weighted by molar-refractivity contribution is 7.90. The SMILES string of the molecule is CO[C@H](COCc1ccccc1)[C@@H](OCc1ccccc1)[C@@H](F)c1cnc2c(N)nc(S(C)(=O)=O)nn12. The molecule has 0 aliphatic heterocycles. The van der Waals surface area contributed by atoms with Crippen LogP contribution in [0.2, 0.25) is 0 Å². The molecule has 3 atom stereocenters. The number of ether oxygens (including phenoxy) is 3. The molecule has 2 aromatic carbocycles. The highest BCUT2D eigenvalue weighted by Gasteiger charge is 2.35. The van der Waals surface area contributed by atoms with Crippen molar-refractivity contribution in [3.8, 4) is 0 Å². The maximum absolute atomic E-state index is 16.2. The highest BCUT2D eigenvalue weighted by atomic mass is 32.2. The summed E-state index contributed by atoms with van der Waals surface area (Å²) >= 11 is 0. The van der Waals surface area contributed by atoms with E-state index in [0.29, 0.717) is 6.61 Å². The number of hydrogen-bond donors (Lipinski definition) is 1. The van der Waals surface area contributed by atoms with E-state index < -0.39 is 33.4 Å². The minimum atomic E-state index is -3.81. The van der Waals surface area contributed by atoms with Gasteiger partial charge >= 0.3 is 0 Å². The second-order valence-electron chi connectivity index (χ2n) is 8.41. The number of imidazole rings is 1. The fraction of sp³-hybridized carbons (Fsp3) is 0.320. The largest absolute Gasteiger partial charge is 0.380 e. The Kier molecular flexibility index (Phi) is 8.44. The molecule has 4 rings (SSSR count). The van der Waals surface area contributed by atoms with Crippen molar-refractivity contribution in [3.05, 3.63) is 83.7 Å². The molecule has 37 heavy (non-hydrogen) atoms. The number of aromatic nitrogens is 4. The molecule has 2 heterocycles. The van der Waals surface area contributed by atoms with Crippen LogP contribution in [0.4, 0.5) is 10.2 Å². The summed E-state index contributed by atoms with van der Waals surface area (Å²) in [6, 6.07) is 18.9. The van der Waals surface area contributed by atoms with E-state index in [4.69, 9.17) is 19.9 Å². The van der Waals surface area contributed by atoms with Crippen molar-refractivity contribution in [1.29, 1.82) is 0 Å². The van der Waals surface area contributed by atoms with Crippen LogP contribution in [-0.4, -0.2) is 60.2 Å². The molecule has 0 saturated carbocycles. The Morgan fingerprint density at radius 2 is 1.65 bits per heavy atom. The molecule has 0 aliphatic carbocycles. The zero-order valence-corrected chi connectivity index (χ0v) is 21.2. The number of nitrogens with zero attached hydrogens (tertiary/aromatic N) is 4. The molecular weight excluding hydrogens is 501 g/mol. The normalized spacial score (nSPS) is 14.5. The lowest BCUT2D eigenvalue weighted by Crippen LogP contribution is -2.38. The van der Waals surface area contributed by atoms with Crippen molar-refractivity contribution in [2.24, 2.45) is 0 Å². The van der Waals surface area contributed by atoms with Crippen molar-refractivity contribution < 1.29 is 27.0 Å². The minimum Gasteiger partial charge on any atom is -0.380 e. The number of alkyl halides is 1. The molecule has 0 aliphatic rings. The van der Waals surface area contributed by atoms with Crippen LogP contribution in [0.1, 0.15) is 23.0 Å². The van der Waals surface area contributed by atoms with Crippen LogP contribution >= 0.6 is 0 Å². The summed E-state index contributed by atoms with van der Waals surface area (Å²) in [7, 11) is -2.37. The number of nitrogen functional groups attached to an aromatic ring is 1. The van der Waals surface area contributed by atoms with Crippen LogP contribution in [0.3, 0.4) is 0 Å². The summed E-state index contributed by atoms with van der Waals surface area (Å²) in [5, 5.41) is 3.44. The molecule has 12 heteroatoms. The summed E-state index contributed by atoms with van der Waals surface area (Å²) in [6.07, 6.45) is -1.63. The van der Waals surface area contributed by atoms with Gasteiger partial charge in [-0.05, 0) is 11.1 Å². The first-order chi connectivity index (χ1) is 17.8. The molecule has 10 nitrogen and oxygen atoms in total. The van der Waals surface area contributed by atoms with Gasteiger partial charge in [0.1, 0.15) is 12.2 Å². The molecule has 0 amide bonds. The van der Waals surface area contributed by atoms with Gasteiger partial charge in [0.25, 0.3) is 5.16 Å². The maximum atomic E-state index is 16.2. The van der Waals surface area contributed by atoms with Crippen molar-refractivity contribution in [3.63, 3.8) is 0 Å². The van der Waals surface area contributed by atoms with E-state index in [0.717, 1.165) is 21.9 Å². The van der Waals surface area contributed by atoms with Crippen LogP contribution in [0.15, 0.2) is 72.0 Å². The molecule has 0 spiro atoms. The molecule has 4 aromatic rings. The predicted octanol–water partition coefficient (Wildman–Crippen LogP) is 2.94. The van der Waals surface area contributed by atoms with E-state index in [1.165, 1.54) is 13.3 Å². The summed E-state index contributed by atoms with van der Waals surface area (Å²) < 4.78 is 58.8. The molecule has 2 N–H and O–H groups in total. The van der Waals surface area contributed by atoms with Crippen molar-refractivity contribution >= 4 is 21.3 Å². The first kappa shape index (κ1) is 26.6. The van der Waals surface area contributed by atoms with Gasteiger partial charge < -0.3 is 19.9 Å². The van der Waals surface area contributed by atoms with Gasteiger partial charge in [0.15, 0.2) is 17.6 Å². The molecule has 0 saturated heterocycles. The number of benzene rings is 2. The van der Waals surface area contributed by atoms with Gasteiger partial charge in [0, 0.05) is 13.4 Å². The van der Waals surface area contributed by atoms with Crippen LogP contribution < -0.4 is 5.73 Å². The molecule has 0 fully saturated rings. The van der Waals surface area contributed by atoms with E-state index in [2.05, 4.69) is 15.1 Å². The minimum absolute atomic E-state index is 0.0288. The molecule has 2 aromatic heterocycles. The number of anilines is 1. The predicted molar refractivity (Wildman–Crippen MR) is 134 cm³/mol. The zero-order valence-electron chi connectivity index (χ0n) is 20.4. The smallest absolute Gasteiger partial charge is 0.267 e. The van der Waals surface area contributed by atoms with E-state index in [1.807, 2.05) is 60.7 Å². The molecule has 0 bridgehead atoms. The number of sulfone groups is 1. The van der Waals surface area contributed by atoms with Gasteiger partial charge in [0.2, 0.25) is 9.84 Å². The Balaban J connectivity index is 1.63. The molecule has 196 valence electrons.